The van der Waals surface area contributed by atoms with Crippen LogP contribution < -0.4 is 4.72 Å². The van der Waals surface area contributed by atoms with Crippen LogP contribution in [0.5, 0.6) is 0 Å². The molecule has 0 radical (unpaired) electrons. The summed E-state index contributed by atoms with van der Waals surface area (Å²) in [6.07, 6.45) is 0.563. The van der Waals surface area contributed by atoms with E-state index in [4.69, 9.17) is 9.47 Å². The molecule has 1 fully saturated rings. The molecule has 232 valence electrons. The average molecular weight is 643 g/mol. The number of hydrogen-bond donors (Lipinski definition) is 3. The summed E-state index contributed by atoms with van der Waals surface area (Å²) in [6.45, 7) is 2.30. The lowest BCUT2D eigenvalue weighted by molar-refractivity contribution is -0.268. The Labute approximate surface area is 267 Å². The van der Waals surface area contributed by atoms with E-state index in [2.05, 4.69) is 26.8 Å². The van der Waals surface area contributed by atoms with Crippen molar-refractivity contribution in [1.29, 1.82) is 0 Å². The highest BCUT2D eigenvalue weighted by atomic mass is 32.2. The van der Waals surface area contributed by atoms with E-state index in [-0.39, 0.29) is 36.2 Å². The van der Waals surface area contributed by atoms with Crippen LogP contribution in [0, 0.1) is 5.92 Å². The number of aromatic amines is 1. The number of nitrogens with zero attached hydrogens (tertiary/aromatic N) is 2. The van der Waals surface area contributed by atoms with Gasteiger partial charge in [-0.15, -0.1) is 0 Å². The van der Waals surface area contributed by atoms with Gasteiger partial charge < -0.3 is 14.6 Å². The van der Waals surface area contributed by atoms with Crippen molar-refractivity contribution in [2.45, 2.75) is 48.6 Å². The zero-order chi connectivity index (χ0) is 31.2. The fourth-order valence-corrected chi connectivity index (χ4v) is 7.27. The largest absolute Gasteiger partial charge is 0.392 e. The molecule has 9 nitrogen and oxygen atoms in total. The van der Waals surface area contributed by atoms with E-state index in [1.54, 1.807) is 42.1 Å². The van der Waals surface area contributed by atoms with Gasteiger partial charge in [0.05, 0.1) is 23.7 Å². The fraction of sp³-hybridized carbons (Fsp3) is 0.235. The minimum atomic E-state index is -3.61. The minimum absolute atomic E-state index is 0.0118. The molecule has 11 heteroatoms. The first-order valence-electron chi connectivity index (χ1n) is 14.6. The van der Waals surface area contributed by atoms with Crippen LogP contribution in [0.4, 0.5) is 0 Å². The number of ether oxygens (including phenoxy) is 2. The Hall–Kier alpha value is -3.84. The lowest BCUT2D eigenvalue weighted by Crippen LogP contribution is -2.38. The van der Waals surface area contributed by atoms with Crippen molar-refractivity contribution in [2.75, 3.05) is 5.75 Å². The maximum absolute atomic E-state index is 12.7. The molecule has 0 spiro atoms. The molecule has 0 aliphatic carbocycles. The Morgan fingerprint density at radius 1 is 0.867 bits per heavy atom. The molecule has 1 aliphatic heterocycles. The average Bonchev–Trinajstić information content (AvgIpc) is 3.62. The number of rotatable bonds is 11. The third-order valence-corrected chi connectivity index (χ3v) is 10.2. The molecule has 3 N–H and O–H groups in total. The molecule has 45 heavy (non-hydrogen) atoms. The van der Waals surface area contributed by atoms with Gasteiger partial charge >= 0.3 is 0 Å². The Morgan fingerprint density at radius 2 is 1.62 bits per heavy atom. The van der Waals surface area contributed by atoms with Crippen molar-refractivity contribution < 1.29 is 23.0 Å². The molecular formula is C34H34N4O5S2. The van der Waals surface area contributed by atoms with Crippen LogP contribution in [0.25, 0.3) is 11.1 Å². The molecule has 5 aromatic rings. The van der Waals surface area contributed by atoms with E-state index in [0.717, 1.165) is 38.5 Å². The van der Waals surface area contributed by atoms with Crippen molar-refractivity contribution in [1.82, 2.24) is 19.9 Å². The maximum Gasteiger partial charge on any atom is 0.240 e. The van der Waals surface area contributed by atoms with E-state index in [0.29, 0.717) is 5.75 Å². The highest BCUT2D eigenvalue weighted by Gasteiger charge is 2.38. The van der Waals surface area contributed by atoms with Crippen molar-refractivity contribution in [3.63, 3.8) is 0 Å². The fourth-order valence-electron chi connectivity index (χ4n) is 5.29. The number of benzene rings is 4. The smallest absolute Gasteiger partial charge is 0.240 e. The molecular weight excluding hydrogens is 609 g/mol. The van der Waals surface area contributed by atoms with Crippen LogP contribution in [0.15, 0.2) is 120 Å². The lowest BCUT2D eigenvalue weighted by Gasteiger charge is -2.41. The summed E-state index contributed by atoms with van der Waals surface area (Å²) in [4.78, 5) is 4.47. The lowest BCUT2D eigenvalue weighted by atomic mass is 9.91. The summed E-state index contributed by atoms with van der Waals surface area (Å²) in [6, 6.07) is 32.1. The zero-order valence-corrected chi connectivity index (χ0v) is 26.2. The summed E-state index contributed by atoms with van der Waals surface area (Å²) in [5, 5.41) is 17.1. The Morgan fingerprint density at radius 3 is 2.33 bits per heavy atom. The summed E-state index contributed by atoms with van der Waals surface area (Å²) in [5.41, 5.74) is 5.58. The third kappa shape index (κ3) is 7.52. The van der Waals surface area contributed by atoms with Gasteiger partial charge in [-0.25, -0.2) is 18.1 Å². The van der Waals surface area contributed by atoms with Gasteiger partial charge in [-0.05, 0) is 46.0 Å². The molecule has 1 aromatic heterocycles. The molecule has 1 saturated heterocycles. The summed E-state index contributed by atoms with van der Waals surface area (Å²) in [7, 11) is -3.61. The topological polar surface area (TPSA) is 126 Å². The van der Waals surface area contributed by atoms with E-state index < -0.39 is 16.3 Å². The van der Waals surface area contributed by atoms with Crippen LogP contribution in [-0.4, -0.2) is 40.6 Å². The van der Waals surface area contributed by atoms with Crippen molar-refractivity contribution >= 4 is 21.8 Å². The monoisotopic (exact) mass is 642 g/mol. The van der Waals surface area contributed by atoms with Crippen LogP contribution in [0.2, 0.25) is 0 Å². The Kier molecular flexibility index (Phi) is 9.74. The first-order chi connectivity index (χ1) is 21.9. The number of aromatic nitrogens is 3. The zero-order valence-electron chi connectivity index (χ0n) is 24.6. The number of aliphatic hydroxyl groups excluding tert-OH is 1. The molecule has 6 rings (SSSR count). The van der Waals surface area contributed by atoms with Gasteiger partial charge in [0.15, 0.2) is 11.4 Å². The Balaban J connectivity index is 1.18. The van der Waals surface area contributed by atoms with Gasteiger partial charge in [0.2, 0.25) is 10.0 Å². The van der Waals surface area contributed by atoms with Gasteiger partial charge in [-0.3, -0.25) is 5.10 Å². The van der Waals surface area contributed by atoms with E-state index >= 15 is 0 Å². The SMILES string of the molecule is C[C@H]1[C@@H](CSc2ncn[nH]2)O[C@@H](c2ccc(-c3cccc(CNS(=O)(=O)c4ccccc4)c3)cc2)O[C@H]1c1ccc(CO)cc1. The van der Waals surface area contributed by atoms with E-state index in [9.17, 15) is 13.5 Å². The number of hydrogen-bond acceptors (Lipinski definition) is 8. The molecule has 2 heterocycles. The summed E-state index contributed by atoms with van der Waals surface area (Å²) < 4.78 is 41.2. The quantitative estimate of drug-likeness (QED) is 0.149. The first-order valence-corrected chi connectivity index (χ1v) is 17.1. The van der Waals surface area contributed by atoms with Crippen LogP contribution in [-0.2, 0) is 32.6 Å². The molecule has 4 aromatic carbocycles. The van der Waals surface area contributed by atoms with E-state index in [1.807, 2.05) is 72.8 Å². The van der Waals surface area contributed by atoms with Gasteiger partial charge in [-0.2, -0.15) is 5.10 Å². The standard InChI is InChI=1S/C34H34N4O5S2/c1-23-31(21-44-34-35-22-36-38-34)42-33(43-32(23)27-12-10-24(20-39)11-13-27)28-16-14-26(15-17-28)29-7-5-6-25(18-29)19-37-45(40,41)30-8-3-2-4-9-30/h2-18,22-23,31-33,37,39H,19-21H2,1H3,(H,35,36,38)/t23-,31+,32+,33+/m0/s1. The maximum atomic E-state index is 12.7. The normalized spacial score (nSPS) is 20.2. The second kappa shape index (κ2) is 14.1. The number of sulfonamides is 1. The highest BCUT2D eigenvalue weighted by Crippen LogP contribution is 2.43. The van der Waals surface area contributed by atoms with Crippen molar-refractivity contribution in [3.8, 4) is 11.1 Å². The number of nitrogens with one attached hydrogen (secondary N) is 2. The summed E-state index contributed by atoms with van der Waals surface area (Å²) in [5.74, 6) is 0.721. The Bertz CT molecular complexity index is 1790. The van der Waals surface area contributed by atoms with Crippen LogP contribution in [0.1, 0.15) is 41.6 Å². The van der Waals surface area contributed by atoms with Crippen LogP contribution >= 0.6 is 11.8 Å². The molecule has 1 aliphatic rings. The predicted molar refractivity (Wildman–Crippen MR) is 172 cm³/mol. The van der Waals surface area contributed by atoms with Crippen molar-refractivity contribution in [2.24, 2.45) is 5.92 Å². The summed E-state index contributed by atoms with van der Waals surface area (Å²) >= 11 is 1.56. The third-order valence-electron chi connectivity index (χ3n) is 7.86. The predicted octanol–water partition coefficient (Wildman–Crippen LogP) is 6.03. The first kappa shape index (κ1) is 31.2. The molecule has 0 unspecified atom stereocenters. The van der Waals surface area contributed by atoms with Crippen molar-refractivity contribution in [3.05, 3.63) is 132 Å². The molecule has 4 atom stereocenters. The highest BCUT2D eigenvalue weighted by molar-refractivity contribution is 7.99. The van der Waals surface area contributed by atoms with Gasteiger partial charge in [0.25, 0.3) is 0 Å². The number of aliphatic hydroxyl groups is 1. The molecule has 0 amide bonds. The van der Waals surface area contributed by atoms with Gasteiger partial charge in [-0.1, -0.05) is 104 Å². The molecule has 0 bridgehead atoms. The minimum Gasteiger partial charge on any atom is -0.392 e. The second-order valence-corrected chi connectivity index (χ2v) is 13.7. The van der Waals surface area contributed by atoms with Crippen LogP contribution in [0.3, 0.4) is 0 Å². The number of H-pyrrole nitrogens is 1. The van der Waals surface area contributed by atoms with E-state index in [1.165, 1.54) is 6.33 Å². The molecule has 0 saturated carbocycles. The van der Waals surface area contributed by atoms with Gasteiger partial charge in [0.1, 0.15) is 6.33 Å². The number of thioether (sulfide) groups is 1. The second-order valence-electron chi connectivity index (χ2n) is 10.9. The van der Waals surface area contributed by atoms with Gasteiger partial charge in [0, 0.05) is 23.8 Å².